The number of carbonyl (C=O) groups is 1. The Balaban J connectivity index is 2.08. The standard InChI is InChI=1S/C11H15N3O3/c1-16-9-7-14(4-5-17-8-9)11(15)10-6-12-2-3-13-10/h2-3,6,9H,4-5,7-8H2,1H3. The summed E-state index contributed by atoms with van der Waals surface area (Å²) < 4.78 is 10.6. The minimum atomic E-state index is -0.134. The molecule has 6 heteroatoms. The molecule has 1 unspecified atom stereocenters. The van der Waals surface area contributed by atoms with E-state index in [-0.39, 0.29) is 12.0 Å². The lowest BCUT2D eigenvalue weighted by atomic mass is 10.3. The smallest absolute Gasteiger partial charge is 0.274 e. The molecule has 92 valence electrons. The highest BCUT2D eigenvalue weighted by atomic mass is 16.5. The summed E-state index contributed by atoms with van der Waals surface area (Å²) in [5, 5.41) is 0. The van der Waals surface area contributed by atoms with Crippen LogP contribution in [0.1, 0.15) is 10.5 Å². The van der Waals surface area contributed by atoms with Gasteiger partial charge in [-0.2, -0.15) is 0 Å². The van der Waals surface area contributed by atoms with E-state index in [9.17, 15) is 4.79 Å². The van der Waals surface area contributed by atoms with Crippen molar-refractivity contribution in [3.63, 3.8) is 0 Å². The molecule has 1 saturated heterocycles. The Kier molecular flexibility index (Phi) is 4.00. The van der Waals surface area contributed by atoms with Crippen molar-refractivity contribution in [2.45, 2.75) is 6.10 Å². The fraction of sp³-hybridized carbons (Fsp3) is 0.545. The molecule has 1 atom stereocenters. The third kappa shape index (κ3) is 2.98. The highest BCUT2D eigenvalue weighted by molar-refractivity contribution is 5.92. The molecule has 6 nitrogen and oxygen atoms in total. The number of methoxy groups -OCH3 is 1. The van der Waals surface area contributed by atoms with Crippen molar-refractivity contribution in [2.75, 3.05) is 33.4 Å². The second kappa shape index (κ2) is 5.70. The third-order valence-corrected chi connectivity index (χ3v) is 2.64. The molecular formula is C11H15N3O3. The van der Waals surface area contributed by atoms with Crippen LogP contribution in [0.5, 0.6) is 0 Å². The predicted octanol–water partition coefficient (Wildman–Crippen LogP) is -0.0360. The van der Waals surface area contributed by atoms with Crippen molar-refractivity contribution in [1.82, 2.24) is 14.9 Å². The Labute approximate surface area is 99.6 Å². The van der Waals surface area contributed by atoms with Crippen LogP contribution in [0.15, 0.2) is 18.6 Å². The van der Waals surface area contributed by atoms with Gasteiger partial charge in [-0.15, -0.1) is 0 Å². The molecule has 0 aliphatic carbocycles. The largest absolute Gasteiger partial charge is 0.377 e. The van der Waals surface area contributed by atoms with Crippen molar-refractivity contribution in [1.29, 1.82) is 0 Å². The zero-order valence-electron chi connectivity index (χ0n) is 9.70. The summed E-state index contributed by atoms with van der Waals surface area (Å²) in [7, 11) is 1.62. The van der Waals surface area contributed by atoms with Crippen molar-refractivity contribution < 1.29 is 14.3 Å². The van der Waals surface area contributed by atoms with Gasteiger partial charge in [0.1, 0.15) is 5.69 Å². The highest BCUT2D eigenvalue weighted by Crippen LogP contribution is 2.07. The molecule has 0 N–H and O–H groups in total. The monoisotopic (exact) mass is 237 g/mol. The lowest BCUT2D eigenvalue weighted by Gasteiger charge is -2.22. The molecule has 1 aromatic rings. The van der Waals surface area contributed by atoms with E-state index in [1.165, 1.54) is 12.4 Å². The summed E-state index contributed by atoms with van der Waals surface area (Å²) in [5.41, 5.74) is 0.351. The van der Waals surface area contributed by atoms with E-state index in [4.69, 9.17) is 9.47 Å². The Morgan fingerprint density at radius 2 is 2.47 bits per heavy atom. The van der Waals surface area contributed by atoms with Crippen LogP contribution >= 0.6 is 0 Å². The molecule has 2 heterocycles. The van der Waals surface area contributed by atoms with Gasteiger partial charge in [-0.3, -0.25) is 9.78 Å². The van der Waals surface area contributed by atoms with Gasteiger partial charge in [-0.1, -0.05) is 0 Å². The van der Waals surface area contributed by atoms with Crippen molar-refractivity contribution in [3.05, 3.63) is 24.3 Å². The van der Waals surface area contributed by atoms with Gasteiger partial charge < -0.3 is 14.4 Å². The van der Waals surface area contributed by atoms with Gasteiger partial charge in [-0.05, 0) is 0 Å². The highest BCUT2D eigenvalue weighted by Gasteiger charge is 2.23. The molecule has 1 aromatic heterocycles. The van der Waals surface area contributed by atoms with Crippen LogP contribution in [0.2, 0.25) is 0 Å². The number of aromatic nitrogens is 2. The van der Waals surface area contributed by atoms with Gasteiger partial charge >= 0.3 is 0 Å². The average molecular weight is 237 g/mol. The number of hydrogen-bond acceptors (Lipinski definition) is 5. The van der Waals surface area contributed by atoms with E-state index < -0.39 is 0 Å². The number of ether oxygens (including phenoxy) is 2. The quantitative estimate of drug-likeness (QED) is 0.722. The molecule has 1 fully saturated rings. The molecular weight excluding hydrogens is 222 g/mol. The molecule has 0 aromatic carbocycles. The van der Waals surface area contributed by atoms with Gasteiger partial charge in [0.05, 0.1) is 25.5 Å². The Bertz CT molecular complexity index is 371. The first-order valence-electron chi connectivity index (χ1n) is 5.47. The Morgan fingerprint density at radius 3 is 3.18 bits per heavy atom. The minimum absolute atomic E-state index is 0.0851. The van der Waals surface area contributed by atoms with E-state index in [2.05, 4.69) is 9.97 Å². The molecule has 0 saturated carbocycles. The summed E-state index contributed by atoms with van der Waals surface area (Å²) >= 11 is 0. The summed E-state index contributed by atoms with van der Waals surface area (Å²) in [5.74, 6) is -0.134. The molecule has 1 aliphatic rings. The third-order valence-electron chi connectivity index (χ3n) is 2.64. The molecule has 0 bridgehead atoms. The average Bonchev–Trinajstić information content (AvgIpc) is 2.64. The van der Waals surface area contributed by atoms with Crippen LogP contribution < -0.4 is 0 Å². The maximum absolute atomic E-state index is 12.1. The van der Waals surface area contributed by atoms with E-state index in [1.54, 1.807) is 18.2 Å². The number of amides is 1. The van der Waals surface area contributed by atoms with Crippen molar-refractivity contribution in [3.8, 4) is 0 Å². The minimum Gasteiger partial charge on any atom is -0.377 e. The van der Waals surface area contributed by atoms with Gasteiger partial charge in [0.25, 0.3) is 5.91 Å². The first kappa shape index (κ1) is 11.9. The number of hydrogen-bond donors (Lipinski definition) is 0. The SMILES string of the molecule is COC1COCCN(C(=O)c2cnccn2)C1. The predicted molar refractivity (Wildman–Crippen MR) is 59.6 cm³/mol. The fourth-order valence-electron chi connectivity index (χ4n) is 1.68. The van der Waals surface area contributed by atoms with Crippen molar-refractivity contribution >= 4 is 5.91 Å². The fourth-order valence-corrected chi connectivity index (χ4v) is 1.68. The normalized spacial score (nSPS) is 21.0. The van der Waals surface area contributed by atoms with Crippen LogP contribution in [0.3, 0.4) is 0 Å². The van der Waals surface area contributed by atoms with Crippen LogP contribution in [0, 0.1) is 0 Å². The molecule has 1 aliphatic heterocycles. The maximum Gasteiger partial charge on any atom is 0.274 e. The van der Waals surface area contributed by atoms with Gasteiger partial charge in [0.2, 0.25) is 0 Å². The van der Waals surface area contributed by atoms with Crippen LogP contribution in [0.25, 0.3) is 0 Å². The van der Waals surface area contributed by atoms with Crippen LogP contribution in [0.4, 0.5) is 0 Å². The summed E-state index contributed by atoms with van der Waals surface area (Å²) in [6.07, 6.45) is 4.43. The van der Waals surface area contributed by atoms with Crippen LogP contribution in [-0.2, 0) is 9.47 Å². The van der Waals surface area contributed by atoms with E-state index in [0.29, 0.717) is 32.0 Å². The molecule has 17 heavy (non-hydrogen) atoms. The maximum atomic E-state index is 12.1. The lowest BCUT2D eigenvalue weighted by Crippen LogP contribution is -2.38. The van der Waals surface area contributed by atoms with E-state index >= 15 is 0 Å². The molecule has 2 rings (SSSR count). The molecule has 1 amide bonds. The topological polar surface area (TPSA) is 64.6 Å². The Morgan fingerprint density at radius 1 is 1.59 bits per heavy atom. The van der Waals surface area contributed by atoms with Gasteiger partial charge in [0.15, 0.2) is 0 Å². The Hall–Kier alpha value is -1.53. The van der Waals surface area contributed by atoms with E-state index in [0.717, 1.165) is 0 Å². The second-order valence-corrected chi connectivity index (χ2v) is 3.77. The first-order chi connectivity index (χ1) is 8.31. The van der Waals surface area contributed by atoms with Crippen LogP contribution in [-0.4, -0.2) is 60.3 Å². The molecule has 0 radical (unpaired) electrons. The second-order valence-electron chi connectivity index (χ2n) is 3.77. The summed E-state index contributed by atoms with van der Waals surface area (Å²) in [6, 6.07) is 0. The van der Waals surface area contributed by atoms with Gasteiger partial charge in [0, 0.05) is 32.6 Å². The number of carbonyl (C=O) groups excluding carboxylic acids is 1. The molecule has 0 spiro atoms. The van der Waals surface area contributed by atoms with E-state index in [1.807, 2.05) is 0 Å². The van der Waals surface area contributed by atoms with Gasteiger partial charge in [-0.25, -0.2) is 4.98 Å². The number of rotatable bonds is 2. The summed E-state index contributed by atoms with van der Waals surface area (Å²) in [4.78, 5) is 21.7. The first-order valence-corrected chi connectivity index (χ1v) is 5.47. The lowest BCUT2D eigenvalue weighted by molar-refractivity contribution is 0.0225. The summed E-state index contributed by atoms with van der Waals surface area (Å²) in [6.45, 7) is 2.10. The van der Waals surface area contributed by atoms with Crippen molar-refractivity contribution in [2.24, 2.45) is 0 Å². The zero-order valence-corrected chi connectivity index (χ0v) is 9.70. The number of nitrogens with zero attached hydrogens (tertiary/aromatic N) is 3. The zero-order chi connectivity index (χ0) is 12.1.